The predicted molar refractivity (Wildman–Crippen MR) is 77.4 cm³/mol. The van der Waals surface area contributed by atoms with Crippen LogP contribution >= 0.6 is 11.8 Å². The molecule has 0 aliphatic carbocycles. The molecule has 21 heavy (non-hydrogen) atoms. The molecule has 6 nitrogen and oxygen atoms in total. The molecular formula is C14H14N2O4S. The second-order valence-electron chi connectivity index (χ2n) is 4.91. The summed E-state index contributed by atoms with van der Waals surface area (Å²) >= 11 is 1.02. The minimum Gasteiger partial charge on any atom is -0.497 e. The summed E-state index contributed by atoms with van der Waals surface area (Å²) in [4.78, 5) is 38.4. The average molecular weight is 306 g/mol. The third-order valence-corrected chi connectivity index (χ3v) is 4.45. The van der Waals surface area contributed by atoms with E-state index < -0.39 is 0 Å². The van der Waals surface area contributed by atoms with Gasteiger partial charge in [0, 0.05) is 18.7 Å². The maximum Gasteiger partial charge on any atom is 0.289 e. The van der Waals surface area contributed by atoms with Gasteiger partial charge in [0.1, 0.15) is 5.75 Å². The molecule has 0 unspecified atom stereocenters. The number of hydrogen-bond acceptors (Lipinski definition) is 5. The van der Waals surface area contributed by atoms with Gasteiger partial charge >= 0.3 is 0 Å². The summed E-state index contributed by atoms with van der Waals surface area (Å²) in [6.07, 6.45) is 0. The highest BCUT2D eigenvalue weighted by atomic mass is 32.2. The van der Waals surface area contributed by atoms with E-state index >= 15 is 0 Å². The summed E-state index contributed by atoms with van der Waals surface area (Å²) in [5.41, 5.74) is 0.543. The van der Waals surface area contributed by atoms with Crippen LogP contribution in [0.2, 0.25) is 0 Å². The Morgan fingerprint density at radius 3 is 2.71 bits per heavy atom. The first-order valence-corrected chi connectivity index (χ1v) is 7.51. The fraction of sp³-hybridized carbons (Fsp3) is 0.357. The maximum absolute atomic E-state index is 12.3. The molecule has 2 fully saturated rings. The molecule has 3 rings (SSSR count). The molecule has 7 heteroatoms. The zero-order valence-electron chi connectivity index (χ0n) is 11.4. The number of hydrogen-bond donors (Lipinski definition) is 0. The van der Waals surface area contributed by atoms with Gasteiger partial charge in [-0.25, -0.2) is 0 Å². The molecule has 2 aliphatic rings. The third kappa shape index (κ3) is 2.49. The summed E-state index contributed by atoms with van der Waals surface area (Å²) in [6.45, 7) is 0.794. The minimum atomic E-state index is -0.210. The van der Waals surface area contributed by atoms with E-state index in [1.165, 1.54) is 4.90 Å². The van der Waals surface area contributed by atoms with Gasteiger partial charge in [-0.3, -0.25) is 19.3 Å². The molecule has 0 aromatic heterocycles. The predicted octanol–water partition coefficient (Wildman–Crippen LogP) is 1.22. The van der Waals surface area contributed by atoms with Crippen LogP contribution < -0.4 is 4.74 Å². The van der Waals surface area contributed by atoms with Crippen LogP contribution in [-0.2, 0) is 4.79 Å². The van der Waals surface area contributed by atoms with Crippen LogP contribution in [0, 0.1) is 0 Å². The number of ether oxygens (including phenoxy) is 1. The molecule has 2 heterocycles. The number of likely N-dealkylation sites (tertiary alicyclic amines) is 1. The molecular weight excluding hydrogens is 292 g/mol. The van der Waals surface area contributed by atoms with Crippen LogP contribution in [0.25, 0.3) is 0 Å². The lowest BCUT2D eigenvalue weighted by Crippen LogP contribution is -2.62. The quantitative estimate of drug-likeness (QED) is 0.840. The first-order chi connectivity index (χ1) is 10.1. The molecule has 0 spiro atoms. The maximum atomic E-state index is 12.3. The molecule has 0 radical (unpaired) electrons. The number of amides is 3. The average Bonchev–Trinajstić information content (AvgIpc) is 2.78. The van der Waals surface area contributed by atoms with Crippen LogP contribution in [0.1, 0.15) is 10.4 Å². The first kappa shape index (κ1) is 13.9. The summed E-state index contributed by atoms with van der Waals surface area (Å²) in [5.74, 6) is 0.554. The normalized spacial score (nSPS) is 18.9. The van der Waals surface area contributed by atoms with E-state index in [1.54, 1.807) is 36.3 Å². The fourth-order valence-corrected chi connectivity index (χ4v) is 3.22. The van der Waals surface area contributed by atoms with Crippen molar-refractivity contribution < 1.29 is 19.1 Å². The lowest BCUT2D eigenvalue weighted by atomic mass is 10.0. The Labute approximate surface area is 126 Å². The molecule has 1 aromatic rings. The Hall–Kier alpha value is -2.02. The second-order valence-corrected chi connectivity index (χ2v) is 5.84. The SMILES string of the molecule is COc1cccc(C(=O)N2CC(N3C(=O)CSC3=O)C2)c1. The van der Waals surface area contributed by atoms with E-state index in [4.69, 9.17) is 4.74 Å². The Morgan fingerprint density at radius 2 is 2.10 bits per heavy atom. The number of thioether (sulfide) groups is 1. The lowest BCUT2D eigenvalue weighted by molar-refractivity contribution is -0.128. The fourth-order valence-electron chi connectivity index (χ4n) is 2.44. The van der Waals surface area contributed by atoms with Crippen LogP contribution in [-0.4, -0.2) is 58.8 Å². The minimum absolute atomic E-state index is 0.114. The van der Waals surface area contributed by atoms with Crippen molar-refractivity contribution in [2.24, 2.45) is 0 Å². The van der Waals surface area contributed by atoms with Crippen molar-refractivity contribution in [2.45, 2.75) is 6.04 Å². The molecule has 0 N–H and O–H groups in total. The number of nitrogens with zero attached hydrogens (tertiary/aromatic N) is 2. The van der Waals surface area contributed by atoms with Crippen molar-refractivity contribution in [1.29, 1.82) is 0 Å². The molecule has 0 atom stereocenters. The second kappa shape index (κ2) is 5.40. The number of benzene rings is 1. The zero-order valence-corrected chi connectivity index (χ0v) is 12.3. The zero-order chi connectivity index (χ0) is 15.0. The van der Waals surface area contributed by atoms with Crippen molar-refractivity contribution in [3.05, 3.63) is 29.8 Å². The van der Waals surface area contributed by atoms with Gasteiger partial charge < -0.3 is 9.64 Å². The van der Waals surface area contributed by atoms with Gasteiger partial charge in [-0.1, -0.05) is 17.8 Å². The van der Waals surface area contributed by atoms with E-state index in [0.29, 0.717) is 24.4 Å². The molecule has 0 bridgehead atoms. The van der Waals surface area contributed by atoms with E-state index in [0.717, 1.165) is 11.8 Å². The largest absolute Gasteiger partial charge is 0.497 e. The highest BCUT2D eigenvalue weighted by Gasteiger charge is 2.43. The molecule has 2 aliphatic heterocycles. The van der Waals surface area contributed by atoms with Gasteiger partial charge in [0.05, 0.1) is 18.9 Å². The van der Waals surface area contributed by atoms with Gasteiger partial charge in [0.2, 0.25) is 5.91 Å². The number of rotatable bonds is 3. The summed E-state index contributed by atoms with van der Waals surface area (Å²) in [7, 11) is 1.55. The standard InChI is InChI=1S/C14H14N2O4S/c1-20-11-4-2-3-9(5-11)13(18)15-6-10(7-15)16-12(17)8-21-14(16)19/h2-5,10H,6-8H2,1H3. The van der Waals surface area contributed by atoms with Gasteiger partial charge in [-0.15, -0.1) is 0 Å². The summed E-state index contributed by atoms with van der Waals surface area (Å²) < 4.78 is 5.10. The Balaban J connectivity index is 1.64. The third-order valence-electron chi connectivity index (χ3n) is 3.62. The molecule has 110 valence electrons. The first-order valence-electron chi connectivity index (χ1n) is 6.52. The van der Waals surface area contributed by atoms with E-state index in [9.17, 15) is 14.4 Å². The number of imide groups is 1. The Morgan fingerprint density at radius 1 is 1.33 bits per heavy atom. The van der Waals surface area contributed by atoms with Crippen LogP contribution in [0.5, 0.6) is 5.75 Å². The summed E-state index contributed by atoms with van der Waals surface area (Å²) in [5, 5.41) is -0.210. The number of carbonyl (C=O) groups excluding carboxylic acids is 3. The lowest BCUT2D eigenvalue weighted by Gasteiger charge is -2.42. The molecule has 3 amide bonds. The van der Waals surface area contributed by atoms with E-state index in [-0.39, 0.29) is 28.8 Å². The smallest absolute Gasteiger partial charge is 0.289 e. The van der Waals surface area contributed by atoms with Gasteiger partial charge in [0.15, 0.2) is 0 Å². The molecule has 1 aromatic carbocycles. The topological polar surface area (TPSA) is 66.9 Å². The van der Waals surface area contributed by atoms with Crippen LogP contribution in [0.15, 0.2) is 24.3 Å². The Bertz CT molecular complexity index is 597. The number of carbonyl (C=O) groups is 3. The van der Waals surface area contributed by atoms with Gasteiger partial charge in [0.25, 0.3) is 11.1 Å². The van der Waals surface area contributed by atoms with Gasteiger partial charge in [-0.05, 0) is 18.2 Å². The van der Waals surface area contributed by atoms with E-state index in [1.807, 2.05) is 0 Å². The molecule has 2 saturated heterocycles. The van der Waals surface area contributed by atoms with Crippen molar-refractivity contribution in [3.8, 4) is 5.75 Å². The van der Waals surface area contributed by atoms with Crippen molar-refractivity contribution in [1.82, 2.24) is 9.80 Å². The monoisotopic (exact) mass is 306 g/mol. The van der Waals surface area contributed by atoms with Crippen molar-refractivity contribution in [3.63, 3.8) is 0 Å². The van der Waals surface area contributed by atoms with Crippen molar-refractivity contribution in [2.75, 3.05) is 26.0 Å². The van der Waals surface area contributed by atoms with Crippen LogP contribution in [0.4, 0.5) is 4.79 Å². The van der Waals surface area contributed by atoms with Crippen molar-refractivity contribution >= 4 is 28.8 Å². The highest BCUT2D eigenvalue weighted by molar-refractivity contribution is 8.14. The van der Waals surface area contributed by atoms with Gasteiger partial charge in [-0.2, -0.15) is 0 Å². The highest BCUT2D eigenvalue weighted by Crippen LogP contribution is 2.27. The Kier molecular flexibility index (Phi) is 3.59. The molecule has 0 saturated carbocycles. The summed E-state index contributed by atoms with van der Waals surface area (Å²) in [6, 6.07) is 6.74. The number of methoxy groups -OCH3 is 1. The van der Waals surface area contributed by atoms with Crippen LogP contribution in [0.3, 0.4) is 0 Å². The van der Waals surface area contributed by atoms with E-state index in [2.05, 4.69) is 0 Å².